The van der Waals surface area contributed by atoms with Gasteiger partial charge in [-0.2, -0.15) is 0 Å². The molecule has 0 fully saturated rings. The van der Waals surface area contributed by atoms with Crippen LogP contribution in [0.1, 0.15) is 16.5 Å². The van der Waals surface area contributed by atoms with Gasteiger partial charge in [-0.05, 0) is 30.2 Å². The van der Waals surface area contributed by atoms with Crippen molar-refractivity contribution in [3.05, 3.63) is 58.1 Å². The van der Waals surface area contributed by atoms with Crippen molar-refractivity contribution >= 4 is 27.5 Å². The highest BCUT2D eigenvalue weighted by Crippen LogP contribution is 2.35. The zero-order valence-corrected chi connectivity index (χ0v) is 13.7. The van der Waals surface area contributed by atoms with Crippen molar-refractivity contribution in [3.8, 4) is 11.5 Å². The van der Waals surface area contributed by atoms with Crippen LogP contribution >= 0.6 is 27.5 Å². The number of methoxy groups -OCH3 is 2. The van der Waals surface area contributed by atoms with Gasteiger partial charge >= 0.3 is 0 Å². The zero-order chi connectivity index (χ0) is 14.5. The fourth-order valence-corrected chi connectivity index (χ4v) is 2.64. The van der Waals surface area contributed by atoms with Gasteiger partial charge in [-0.3, -0.25) is 0 Å². The number of alkyl halides is 1. The van der Waals surface area contributed by atoms with Gasteiger partial charge in [-0.1, -0.05) is 34.1 Å². The minimum absolute atomic E-state index is 0.142. The quantitative estimate of drug-likeness (QED) is 0.704. The Hall–Kier alpha value is -1.19. The highest BCUT2D eigenvalue weighted by atomic mass is 79.9. The minimum atomic E-state index is -0.142. The number of benzene rings is 2. The molecule has 0 N–H and O–H groups in total. The van der Waals surface area contributed by atoms with Gasteiger partial charge in [0.25, 0.3) is 0 Å². The molecule has 0 amide bonds. The van der Waals surface area contributed by atoms with Crippen molar-refractivity contribution in [1.82, 2.24) is 0 Å². The van der Waals surface area contributed by atoms with Gasteiger partial charge in [0.05, 0.1) is 19.6 Å². The Morgan fingerprint density at radius 2 is 1.75 bits per heavy atom. The minimum Gasteiger partial charge on any atom is -0.497 e. The first-order chi connectivity index (χ1) is 9.63. The van der Waals surface area contributed by atoms with Crippen LogP contribution in [0.25, 0.3) is 0 Å². The molecule has 1 atom stereocenters. The van der Waals surface area contributed by atoms with Crippen LogP contribution in [0, 0.1) is 0 Å². The standard InChI is InChI=1S/C16H16BrClO2/c1-19-13-7-8-14(16(10-13)20-2)15(18)9-11-3-5-12(17)6-4-11/h3-8,10,15H,9H2,1-2H3. The third-order valence-corrected chi connectivity index (χ3v) is 4.02. The second-order valence-corrected chi connectivity index (χ2v) is 5.85. The van der Waals surface area contributed by atoms with Crippen molar-refractivity contribution in [1.29, 1.82) is 0 Å². The summed E-state index contributed by atoms with van der Waals surface area (Å²) in [5.74, 6) is 1.51. The summed E-state index contributed by atoms with van der Waals surface area (Å²) in [5.41, 5.74) is 2.16. The molecule has 20 heavy (non-hydrogen) atoms. The van der Waals surface area contributed by atoms with Gasteiger partial charge in [-0.15, -0.1) is 11.6 Å². The van der Waals surface area contributed by atoms with Crippen LogP contribution in [0.5, 0.6) is 11.5 Å². The molecule has 4 heteroatoms. The van der Waals surface area contributed by atoms with Gasteiger partial charge in [0.15, 0.2) is 0 Å². The molecule has 2 aromatic carbocycles. The molecule has 0 aliphatic heterocycles. The van der Waals surface area contributed by atoms with Crippen LogP contribution < -0.4 is 9.47 Å². The Morgan fingerprint density at radius 1 is 1.05 bits per heavy atom. The monoisotopic (exact) mass is 354 g/mol. The molecule has 0 bridgehead atoms. The van der Waals surface area contributed by atoms with E-state index in [9.17, 15) is 0 Å². The maximum Gasteiger partial charge on any atom is 0.127 e. The molecule has 0 saturated carbocycles. The third-order valence-electron chi connectivity index (χ3n) is 3.11. The fraction of sp³-hybridized carbons (Fsp3) is 0.250. The second kappa shape index (κ2) is 7.00. The van der Waals surface area contributed by atoms with Gasteiger partial charge in [0.2, 0.25) is 0 Å². The highest BCUT2D eigenvalue weighted by Gasteiger charge is 2.15. The van der Waals surface area contributed by atoms with E-state index < -0.39 is 0 Å². The van der Waals surface area contributed by atoms with E-state index in [4.69, 9.17) is 21.1 Å². The lowest BCUT2D eigenvalue weighted by molar-refractivity contribution is 0.390. The summed E-state index contributed by atoms with van der Waals surface area (Å²) in [6.45, 7) is 0. The molecule has 0 aliphatic rings. The van der Waals surface area contributed by atoms with Crippen molar-refractivity contribution in [2.45, 2.75) is 11.8 Å². The third kappa shape index (κ3) is 3.68. The number of hydrogen-bond donors (Lipinski definition) is 0. The van der Waals surface area contributed by atoms with E-state index in [0.717, 1.165) is 28.0 Å². The number of halogens is 2. The van der Waals surface area contributed by atoms with Crippen molar-refractivity contribution in [2.24, 2.45) is 0 Å². The average molecular weight is 356 g/mol. The van der Waals surface area contributed by atoms with Crippen LogP contribution in [0.3, 0.4) is 0 Å². The molecule has 2 nitrogen and oxygen atoms in total. The van der Waals surface area contributed by atoms with Gasteiger partial charge < -0.3 is 9.47 Å². The summed E-state index contributed by atoms with van der Waals surface area (Å²) in [5, 5.41) is -0.142. The summed E-state index contributed by atoms with van der Waals surface area (Å²) < 4.78 is 11.7. The van der Waals surface area contributed by atoms with Crippen LogP contribution in [0.15, 0.2) is 46.9 Å². The van der Waals surface area contributed by atoms with E-state index >= 15 is 0 Å². The summed E-state index contributed by atoms with van der Waals surface area (Å²) in [6.07, 6.45) is 0.748. The Bertz CT molecular complexity index is 569. The first kappa shape index (κ1) is 15.2. The molecule has 2 aromatic rings. The predicted octanol–water partition coefficient (Wildman–Crippen LogP) is 4.99. The van der Waals surface area contributed by atoms with E-state index in [0.29, 0.717) is 0 Å². The lowest BCUT2D eigenvalue weighted by atomic mass is 10.0. The largest absolute Gasteiger partial charge is 0.497 e. The highest BCUT2D eigenvalue weighted by molar-refractivity contribution is 9.10. The molecule has 106 valence electrons. The Kier molecular flexibility index (Phi) is 5.32. The van der Waals surface area contributed by atoms with E-state index in [-0.39, 0.29) is 5.38 Å². The van der Waals surface area contributed by atoms with Crippen LogP contribution in [0.2, 0.25) is 0 Å². The number of hydrogen-bond acceptors (Lipinski definition) is 2. The molecule has 1 unspecified atom stereocenters. The molecular weight excluding hydrogens is 340 g/mol. The smallest absolute Gasteiger partial charge is 0.127 e. The molecule has 0 heterocycles. The van der Waals surface area contributed by atoms with Gasteiger partial charge in [0, 0.05) is 16.1 Å². The van der Waals surface area contributed by atoms with Crippen LogP contribution in [-0.2, 0) is 6.42 Å². The summed E-state index contributed by atoms with van der Waals surface area (Å²) in [4.78, 5) is 0. The topological polar surface area (TPSA) is 18.5 Å². The first-order valence-electron chi connectivity index (χ1n) is 6.24. The van der Waals surface area contributed by atoms with E-state index in [1.54, 1.807) is 14.2 Å². The normalized spacial score (nSPS) is 12.0. The van der Waals surface area contributed by atoms with E-state index in [2.05, 4.69) is 28.1 Å². The maximum atomic E-state index is 6.53. The molecule has 0 spiro atoms. The average Bonchev–Trinajstić information content (AvgIpc) is 2.48. The molecule has 2 rings (SSSR count). The van der Waals surface area contributed by atoms with Crippen molar-refractivity contribution < 1.29 is 9.47 Å². The van der Waals surface area contributed by atoms with Crippen molar-refractivity contribution in [3.63, 3.8) is 0 Å². The zero-order valence-electron chi connectivity index (χ0n) is 11.4. The lowest BCUT2D eigenvalue weighted by Gasteiger charge is -2.15. The van der Waals surface area contributed by atoms with Crippen molar-refractivity contribution in [2.75, 3.05) is 14.2 Å². The molecular formula is C16H16BrClO2. The fourth-order valence-electron chi connectivity index (χ4n) is 2.01. The van der Waals surface area contributed by atoms with E-state index in [1.807, 2.05) is 30.3 Å². The molecule has 0 radical (unpaired) electrons. The Balaban J connectivity index is 2.20. The predicted molar refractivity (Wildman–Crippen MR) is 86.0 cm³/mol. The van der Waals surface area contributed by atoms with E-state index in [1.165, 1.54) is 5.56 Å². The number of rotatable bonds is 5. The summed E-state index contributed by atoms with van der Waals surface area (Å²) in [7, 11) is 3.27. The summed E-state index contributed by atoms with van der Waals surface area (Å²) in [6, 6.07) is 13.9. The molecule has 0 saturated heterocycles. The SMILES string of the molecule is COc1ccc(C(Cl)Cc2ccc(Br)cc2)c(OC)c1. The lowest BCUT2D eigenvalue weighted by Crippen LogP contribution is -2.00. The Labute approximate surface area is 132 Å². The van der Waals surface area contributed by atoms with Crippen LogP contribution in [0.4, 0.5) is 0 Å². The molecule has 0 aromatic heterocycles. The second-order valence-electron chi connectivity index (χ2n) is 4.41. The first-order valence-corrected chi connectivity index (χ1v) is 7.47. The van der Waals surface area contributed by atoms with Gasteiger partial charge in [0.1, 0.15) is 11.5 Å². The number of ether oxygens (including phenoxy) is 2. The maximum absolute atomic E-state index is 6.53. The Morgan fingerprint density at radius 3 is 2.35 bits per heavy atom. The van der Waals surface area contributed by atoms with Crippen LogP contribution in [-0.4, -0.2) is 14.2 Å². The van der Waals surface area contributed by atoms with Gasteiger partial charge in [-0.25, -0.2) is 0 Å². The molecule has 0 aliphatic carbocycles. The summed E-state index contributed by atoms with van der Waals surface area (Å²) >= 11 is 9.96.